The van der Waals surface area contributed by atoms with Crippen LogP contribution in [0.2, 0.25) is 0 Å². The van der Waals surface area contributed by atoms with Gasteiger partial charge < -0.3 is 14.8 Å². The highest BCUT2D eigenvalue weighted by Gasteiger charge is 2.26. The molecule has 7 heteroatoms. The normalized spacial score (nSPS) is 17.9. The second-order valence-electron chi connectivity index (χ2n) is 6.99. The molecule has 0 aromatic carbocycles. The monoisotopic (exact) mass is 357 g/mol. The standard InChI is InChI=1S/C19H31N7/c1-4-20-19(22-8-5-6-10-25-12-9-21-16(25)2)26-11-7-17(15-26)18-13-23-24(3)14-18/h9,12-14,17H,4-8,10-11,15H2,1-3H3,(H,20,22). The van der Waals surface area contributed by atoms with Gasteiger partial charge in [-0.3, -0.25) is 9.67 Å². The summed E-state index contributed by atoms with van der Waals surface area (Å²) in [6.07, 6.45) is 11.4. The molecular weight excluding hydrogens is 326 g/mol. The lowest BCUT2D eigenvalue weighted by molar-refractivity contribution is 0.484. The van der Waals surface area contributed by atoms with Crippen molar-refractivity contribution in [3.63, 3.8) is 0 Å². The van der Waals surface area contributed by atoms with Crippen molar-refractivity contribution in [2.45, 2.75) is 45.6 Å². The number of nitrogens with zero attached hydrogens (tertiary/aromatic N) is 6. The minimum absolute atomic E-state index is 0.553. The Hall–Kier alpha value is -2.31. The Morgan fingerprint density at radius 1 is 1.38 bits per heavy atom. The van der Waals surface area contributed by atoms with E-state index >= 15 is 0 Å². The first kappa shape index (κ1) is 18.5. The zero-order valence-electron chi connectivity index (χ0n) is 16.2. The fraction of sp³-hybridized carbons (Fsp3) is 0.632. The largest absolute Gasteiger partial charge is 0.357 e. The van der Waals surface area contributed by atoms with Gasteiger partial charge in [-0.2, -0.15) is 5.10 Å². The van der Waals surface area contributed by atoms with Crippen LogP contribution in [-0.2, 0) is 13.6 Å². The van der Waals surface area contributed by atoms with E-state index in [1.165, 1.54) is 5.56 Å². The van der Waals surface area contributed by atoms with Crippen LogP contribution in [0.25, 0.3) is 0 Å². The van der Waals surface area contributed by atoms with Crippen LogP contribution in [0.3, 0.4) is 0 Å². The van der Waals surface area contributed by atoms with E-state index < -0.39 is 0 Å². The van der Waals surface area contributed by atoms with Gasteiger partial charge in [-0.05, 0) is 38.7 Å². The lowest BCUT2D eigenvalue weighted by Gasteiger charge is -2.21. The van der Waals surface area contributed by atoms with Crippen molar-refractivity contribution in [3.8, 4) is 0 Å². The Morgan fingerprint density at radius 3 is 2.96 bits per heavy atom. The number of aromatic nitrogens is 4. The summed E-state index contributed by atoms with van der Waals surface area (Å²) in [7, 11) is 1.98. The molecule has 1 aliphatic rings. The lowest BCUT2D eigenvalue weighted by atomic mass is 10.0. The molecule has 2 aromatic rings. The molecule has 0 bridgehead atoms. The molecule has 0 radical (unpaired) electrons. The molecule has 0 amide bonds. The van der Waals surface area contributed by atoms with Crippen LogP contribution in [0.15, 0.2) is 29.8 Å². The fourth-order valence-electron chi connectivity index (χ4n) is 3.52. The second kappa shape index (κ2) is 8.87. The maximum Gasteiger partial charge on any atom is 0.193 e. The van der Waals surface area contributed by atoms with Gasteiger partial charge in [0.1, 0.15) is 5.82 Å². The minimum Gasteiger partial charge on any atom is -0.357 e. The topological polar surface area (TPSA) is 63.3 Å². The Kier molecular flexibility index (Phi) is 6.30. The summed E-state index contributed by atoms with van der Waals surface area (Å²) in [4.78, 5) is 11.5. The fourth-order valence-corrected chi connectivity index (χ4v) is 3.52. The van der Waals surface area contributed by atoms with Crippen molar-refractivity contribution in [1.29, 1.82) is 0 Å². The first-order valence-electron chi connectivity index (χ1n) is 9.67. The van der Waals surface area contributed by atoms with Crippen molar-refractivity contribution < 1.29 is 0 Å². The van der Waals surface area contributed by atoms with Gasteiger partial charge in [0.25, 0.3) is 0 Å². The predicted molar refractivity (Wildman–Crippen MR) is 104 cm³/mol. The molecule has 7 nitrogen and oxygen atoms in total. The Bertz CT molecular complexity index is 715. The highest BCUT2D eigenvalue weighted by Crippen LogP contribution is 2.26. The molecule has 1 unspecified atom stereocenters. The number of guanidine groups is 1. The summed E-state index contributed by atoms with van der Waals surface area (Å²) >= 11 is 0. The van der Waals surface area contributed by atoms with E-state index in [1.807, 2.05) is 37.2 Å². The van der Waals surface area contributed by atoms with Crippen LogP contribution in [0, 0.1) is 6.92 Å². The first-order valence-corrected chi connectivity index (χ1v) is 9.67. The Labute approximate surface area is 156 Å². The van der Waals surface area contributed by atoms with Crippen LogP contribution in [0.5, 0.6) is 0 Å². The maximum atomic E-state index is 4.86. The van der Waals surface area contributed by atoms with Gasteiger partial charge in [0.2, 0.25) is 0 Å². The highest BCUT2D eigenvalue weighted by atomic mass is 15.3. The number of unbranched alkanes of at least 4 members (excludes halogenated alkanes) is 1. The van der Waals surface area contributed by atoms with Crippen molar-refractivity contribution in [3.05, 3.63) is 36.2 Å². The summed E-state index contributed by atoms with van der Waals surface area (Å²) in [5.41, 5.74) is 1.33. The predicted octanol–water partition coefficient (Wildman–Crippen LogP) is 2.16. The van der Waals surface area contributed by atoms with E-state index in [2.05, 4.69) is 38.0 Å². The van der Waals surface area contributed by atoms with Crippen LogP contribution in [-0.4, -0.2) is 56.4 Å². The molecule has 26 heavy (non-hydrogen) atoms. The number of imidazole rings is 1. The Balaban J connectivity index is 1.48. The zero-order chi connectivity index (χ0) is 18.4. The van der Waals surface area contributed by atoms with Gasteiger partial charge in [0.15, 0.2) is 5.96 Å². The van der Waals surface area contributed by atoms with Gasteiger partial charge in [0, 0.05) is 64.3 Å². The van der Waals surface area contributed by atoms with Crippen molar-refractivity contribution in [2.24, 2.45) is 12.0 Å². The van der Waals surface area contributed by atoms with Crippen molar-refractivity contribution >= 4 is 5.96 Å². The number of hydrogen-bond acceptors (Lipinski definition) is 3. The third-order valence-electron chi connectivity index (χ3n) is 5.01. The molecule has 0 saturated carbocycles. The SMILES string of the molecule is CCNC(=NCCCCn1ccnc1C)N1CCC(c2cnn(C)c2)C1. The van der Waals surface area contributed by atoms with E-state index in [-0.39, 0.29) is 0 Å². The molecule has 0 aliphatic carbocycles. The average molecular weight is 358 g/mol. The van der Waals surface area contributed by atoms with E-state index in [1.54, 1.807) is 0 Å². The van der Waals surface area contributed by atoms with Gasteiger partial charge >= 0.3 is 0 Å². The molecule has 3 rings (SSSR count). The highest BCUT2D eigenvalue weighted by molar-refractivity contribution is 5.80. The number of rotatable bonds is 7. The van der Waals surface area contributed by atoms with Gasteiger partial charge in [-0.15, -0.1) is 0 Å². The number of hydrogen-bond donors (Lipinski definition) is 1. The first-order chi connectivity index (χ1) is 12.7. The molecule has 1 atom stereocenters. The van der Waals surface area contributed by atoms with E-state index in [4.69, 9.17) is 4.99 Å². The molecule has 1 saturated heterocycles. The van der Waals surface area contributed by atoms with Crippen LogP contribution < -0.4 is 5.32 Å². The van der Waals surface area contributed by atoms with Crippen LogP contribution >= 0.6 is 0 Å². The number of likely N-dealkylation sites (tertiary alicyclic amines) is 1. The molecule has 2 aromatic heterocycles. The van der Waals surface area contributed by atoms with Crippen molar-refractivity contribution in [1.82, 2.24) is 29.5 Å². The van der Waals surface area contributed by atoms with Gasteiger partial charge in [-0.1, -0.05) is 0 Å². The second-order valence-corrected chi connectivity index (χ2v) is 6.99. The summed E-state index contributed by atoms with van der Waals surface area (Å²) in [6, 6.07) is 0. The van der Waals surface area contributed by atoms with E-state index in [0.29, 0.717) is 5.92 Å². The molecular formula is C19H31N7. The van der Waals surface area contributed by atoms with Crippen LogP contribution in [0.4, 0.5) is 0 Å². The molecule has 1 N–H and O–H groups in total. The quantitative estimate of drug-likeness (QED) is 0.469. The number of aryl methyl sites for hydroxylation is 3. The summed E-state index contributed by atoms with van der Waals surface area (Å²) in [5, 5.41) is 7.77. The molecule has 1 fully saturated rings. The van der Waals surface area contributed by atoms with Gasteiger partial charge in [-0.25, -0.2) is 4.98 Å². The number of aliphatic imine (C=N–C) groups is 1. The average Bonchev–Trinajstić information content (AvgIpc) is 3.35. The van der Waals surface area contributed by atoms with E-state index in [0.717, 1.165) is 63.8 Å². The van der Waals surface area contributed by atoms with Crippen LogP contribution in [0.1, 0.15) is 43.5 Å². The smallest absolute Gasteiger partial charge is 0.193 e. The molecule has 142 valence electrons. The van der Waals surface area contributed by atoms with E-state index in [9.17, 15) is 0 Å². The molecule has 3 heterocycles. The van der Waals surface area contributed by atoms with Gasteiger partial charge in [0.05, 0.1) is 6.20 Å². The minimum atomic E-state index is 0.553. The third-order valence-corrected chi connectivity index (χ3v) is 5.01. The summed E-state index contributed by atoms with van der Waals surface area (Å²) in [5.74, 6) is 2.69. The lowest BCUT2D eigenvalue weighted by Crippen LogP contribution is -2.40. The third kappa shape index (κ3) is 4.65. The molecule has 1 aliphatic heterocycles. The van der Waals surface area contributed by atoms with Crippen molar-refractivity contribution in [2.75, 3.05) is 26.2 Å². The number of nitrogens with one attached hydrogen (secondary N) is 1. The Morgan fingerprint density at radius 2 is 2.27 bits per heavy atom. The summed E-state index contributed by atoms with van der Waals surface area (Å²) < 4.78 is 4.09. The zero-order valence-corrected chi connectivity index (χ0v) is 16.2. The maximum absolute atomic E-state index is 4.86. The molecule has 0 spiro atoms. The summed E-state index contributed by atoms with van der Waals surface area (Å²) in [6.45, 7) is 9.04.